The van der Waals surface area contributed by atoms with E-state index >= 15 is 0 Å². The van der Waals surface area contributed by atoms with E-state index < -0.39 is 0 Å². The first kappa shape index (κ1) is 13.8. The molecule has 0 saturated carbocycles. The summed E-state index contributed by atoms with van der Waals surface area (Å²) in [5.74, 6) is 5.91. The molecule has 1 atom stereocenters. The predicted octanol–water partition coefficient (Wildman–Crippen LogP) is 3.66. The van der Waals surface area contributed by atoms with Crippen molar-refractivity contribution in [3.8, 4) is 11.8 Å². The summed E-state index contributed by atoms with van der Waals surface area (Å²) in [4.78, 5) is 0. The van der Waals surface area contributed by atoms with Gasteiger partial charge in [-0.25, -0.2) is 0 Å². The molecular formula is C16H23N. The Morgan fingerprint density at radius 3 is 2.24 bits per heavy atom. The zero-order valence-corrected chi connectivity index (χ0v) is 11.6. The monoisotopic (exact) mass is 229 g/mol. The highest BCUT2D eigenvalue weighted by molar-refractivity contribution is 5.29. The van der Waals surface area contributed by atoms with Gasteiger partial charge in [0.25, 0.3) is 0 Å². The molecule has 1 heteroatoms. The standard InChI is InChI=1S/C16H23N/c1-6-7-12-17-13(2)14-8-10-15(11-9-14)16(3,4)5/h8-11,13,17H,12H2,1-5H3. The third-order valence-corrected chi connectivity index (χ3v) is 2.95. The maximum Gasteiger partial charge on any atom is 0.0581 e. The van der Waals surface area contributed by atoms with Crippen LogP contribution in [0.1, 0.15) is 51.8 Å². The molecule has 92 valence electrons. The second-order valence-electron chi connectivity index (χ2n) is 5.40. The van der Waals surface area contributed by atoms with Gasteiger partial charge in [-0.15, -0.1) is 5.92 Å². The molecule has 1 aromatic rings. The van der Waals surface area contributed by atoms with Crippen molar-refractivity contribution < 1.29 is 0 Å². The van der Waals surface area contributed by atoms with Crippen LogP contribution in [0.4, 0.5) is 0 Å². The van der Waals surface area contributed by atoms with Crippen LogP contribution in [-0.4, -0.2) is 6.54 Å². The second-order valence-corrected chi connectivity index (χ2v) is 5.40. The summed E-state index contributed by atoms with van der Waals surface area (Å²) in [6.45, 7) is 11.5. The van der Waals surface area contributed by atoms with Gasteiger partial charge in [-0.3, -0.25) is 5.32 Å². The van der Waals surface area contributed by atoms with E-state index in [9.17, 15) is 0 Å². The molecule has 0 spiro atoms. The highest BCUT2D eigenvalue weighted by Gasteiger charge is 2.13. The van der Waals surface area contributed by atoms with Gasteiger partial charge in [-0.05, 0) is 30.4 Å². The van der Waals surface area contributed by atoms with E-state index in [4.69, 9.17) is 0 Å². The zero-order valence-electron chi connectivity index (χ0n) is 11.6. The average molecular weight is 229 g/mol. The highest BCUT2D eigenvalue weighted by Crippen LogP contribution is 2.23. The van der Waals surface area contributed by atoms with Crippen molar-refractivity contribution in [1.29, 1.82) is 0 Å². The van der Waals surface area contributed by atoms with Crippen molar-refractivity contribution in [1.82, 2.24) is 5.32 Å². The van der Waals surface area contributed by atoms with E-state index in [1.807, 2.05) is 6.92 Å². The molecule has 0 amide bonds. The van der Waals surface area contributed by atoms with Crippen LogP contribution < -0.4 is 5.32 Å². The van der Waals surface area contributed by atoms with Gasteiger partial charge in [0.05, 0.1) is 6.54 Å². The van der Waals surface area contributed by atoms with E-state index in [0.717, 1.165) is 6.54 Å². The lowest BCUT2D eigenvalue weighted by atomic mass is 9.86. The molecule has 0 radical (unpaired) electrons. The molecule has 1 N–H and O–H groups in total. The van der Waals surface area contributed by atoms with Crippen molar-refractivity contribution in [3.63, 3.8) is 0 Å². The third-order valence-electron chi connectivity index (χ3n) is 2.95. The summed E-state index contributed by atoms with van der Waals surface area (Å²) in [7, 11) is 0. The minimum atomic E-state index is 0.225. The highest BCUT2D eigenvalue weighted by atomic mass is 14.9. The number of hydrogen-bond acceptors (Lipinski definition) is 1. The maximum absolute atomic E-state index is 3.38. The van der Waals surface area contributed by atoms with Crippen LogP contribution in [0.3, 0.4) is 0 Å². The number of benzene rings is 1. The van der Waals surface area contributed by atoms with E-state index in [-0.39, 0.29) is 5.41 Å². The van der Waals surface area contributed by atoms with Gasteiger partial charge in [-0.2, -0.15) is 0 Å². The molecule has 0 heterocycles. The van der Waals surface area contributed by atoms with Gasteiger partial charge >= 0.3 is 0 Å². The Hall–Kier alpha value is -1.26. The van der Waals surface area contributed by atoms with Gasteiger partial charge in [0.1, 0.15) is 0 Å². The maximum atomic E-state index is 3.38. The fourth-order valence-corrected chi connectivity index (χ4v) is 1.68. The fraction of sp³-hybridized carbons (Fsp3) is 0.500. The Labute approximate surface area is 106 Å². The van der Waals surface area contributed by atoms with Crippen LogP contribution in [0.2, 0.25) is 0 Å². The van der Waals surface area contributed by atoms with E-state index in [2.05, 4.69) is 69.1 Å². The molecule has 0 aliphatic heterocycles. The number of hydrogen-bond donors (Lipinski definition) is 1. The molecule has 1 unspecified atom stereocenters. The molecule has 0 saturated heterocycles. The fourth-order valence-electron chi connectivity index (χ4n) is 1.68. The largest absolute Gasteiger partial charge is 0.300 e. The van der Waals surface area contributed by atoms with E-state index in [0.29, 0.717) is 6.04 Å². The molecule has 0 aliphatic rings. The summed E-state index contributed by atoms with van der Waals surface area (Å²) in [5.41, 5.74) is 2.92. The molecule has 17 heavy (non-hydrogen) atoms. The molecule has 0 fully saturated rings. The van der Waals surface area contributed by atoms with Crippen molar-refractivity contribution in [3.05, 3.63) is 35.4 Å². The third kappa shape index (κ3) is 4.24. The minimum absolute atomic E-state index is 0.225. The lowest BCUT2D eigenvalue weighted by Gasteiger charge is -2.20. The first-order chi connectivity index (χ1) is 7.95. The SMILES string of the molecule is CC#CCNC(C)c1ccc(C(C)(C)C)cc1. The number of rotatable bonds is 3. The van der Waals surface area contributed by atoms with Gasteiger partial charge < -0.3 is 0 Å². The summed E-state index contributed by atoms with van der Waals surface area (Å²) >= 11 is 0. The van der Waals surface area contributed by atoms with Crippen LogP contribution in [0.15, 0.2) is 24.3 Å². The summed E-state index contributed by atoms with van der Waals surface area (Å²) in [5, 5.41) is 3.38. The summed E-state index contributed by atoms with van der Waals surface area (Å²) < 4.78 is 0. The smallest absolute Gasteiger partial charge is 0.0581 e. The van der Waals surface area contributed by atoms with Crippen molar-refractivity contribution in [2.75, 3.05) is 6.54 Å². The van der Waals surface area contributed by atoms with Gasteiger partial charge in [0, 0.05) is 6.04 Å². The minimum Gasteiger partial charge on any atom is -0.300 e. The van der Waals surface area contributed by atoms with Crippen molar-refractivity contribution >= 4 is 0 Å². The molecular weight excluding hydrogens is 206 g/mol. The van der Waals surface area contributed by atoms with Crippen molar-refractivity contribution in [2.45, 2.75) is 46.1 Å². The van der Waals surface area contributed by atoms with Crippen LogP contribution in [0.5, 0.6) is 0 Å². The van der Waals surface area contributed by atoms with Gasteiger partial charge in [-0.1, -0.05) is 51.0 Å². The molecule has 0 bridgehead atoms. The van der Waals surface area contributed by atoms with Crippen LogP contribution >= 0.6 is 0 Å². The topological polar surface area (TPSA) is 12.0 Å². The lowest BCUT2D eigenvalue weighted by molar-refractivity contribution is 0.586. The Morgan fingerprint density at radius 1 is 1.18 bits per heavy atom. The average Bonchev–Trinajstić information content (AvgIpc) is 2.28. The first-order valence-electron chi connectivity index (χ1n) is 6.18. The zero-order chi connectivity index (χ0) is 12.9. The number of nitrogens with one attached hydrogen (secondary N) is 1. The molecule has 1 nitrogen and oxygen atoms in total. The van der Waals surface area contributed by atoms with Gasteiger partial charge in [0.2, 0.25) is 0 Å². The Bertz CT molecular complexity index is 398. The van der Waals surface area contributed by atoms with Crippen LogP contribution in [0, 0.1) is 11.8 Å². The summed E-state index contributed by atoms with van der Waals surface area (Å²) in [6.07, 6.45) is 0. The normalized spacial score (nSPS) is 12.8. The van der Waals surface area contributed by atoms with Crippen LogP contribution in [-0.2, 0) is 5.41 Å². The Morgan fingerprint density at radius 2 is 1.76 bits per heavy atom. The Balaban J connectivity index is 2.69. The second kappa shape index (κ2) is 5.89. The lowest BCUT2D eigenvalue weighted by Crippen LogP contribution is -2.19. The predicted molar refractivity (Wildman–Crippen MR) is 75.0 cm³/mol. The van der Waals surface area contributed by atoms with Crippen molar-refractivity contribution in [2.24, 2.45) is 0 Å². The molecule has 0 aromatic heterocycles. The van der Waals surface area contributed by atoms with Crippen LogP contribution in [0.25, 0.3) is 0 Å². The van der Waals surface area contributed by atoms with Gasteiger partial charge in [0.15, 0.2) is 0 Å². The summed E-state index contributed by atoms with van der Waals surface area (Å²) in [6, 6.07) is 9.21. The molecule has 1 rings (SSSR count). The molecule has 1 aromatic carbocycles. The molecule has 0 aliphatic carbocycles. The first-order valence-corrected chi connectivity index (χ1v) is 6.18. The quantitative estimate of drug-likeness (QED) is 0.780. The van der Waals surface area contributed by atoms with E-state index in [1.54, 1.807) is 0 Å². The van der Waals surface area contributed by atoms with E-state index in [1.165, 1.54) is 11.1 Å². The Kier molecular flexibility index (Phi) is 4.78.